The van der Waals surface area contributed by atoms with E-state index in [4.69, 9.17) is 13.3 Å². The Morgan fingerprint density at radius 1 is 0.189 bits per heavy atom. The summed E-state index contributed by atoms with van der Waals surface area (Å²) in [6, 6.07) is 141. The van der Waals surface area contributed by atoms with Crippen molar-refractivity contribution in [3.05, 3.63) is 411 Å². The van der Waals surface area contributed by atoms with Crippen molar-refractivity contribution in [2.45, 2.75) is 5.41 Å². The van der Waals surface area contributed by atoms with Gasteiger partial charge in [-0.3, -0.25) is 0 Å². The molecule has 3 heterocycles. The van der Waals surface area contributed by atoms with Crippen molar-refractivity contribution in [1.82, 2.24) is 0 Å². The zero-order chi connectivity index (χ0) is 69.8. The first-order chi connectivity index (χ1) is 52.5. The van der Waals surface area contributed by atoms with Crippen LogP contribution in [-0.2, 0) is 5.41 Å². The van der Waals surface area contributed by atoms with Crippen molar-refractivity contribution >= 4 is 111 Å². The number of para-hydroxylation sites is 4. The second-order valence-electron chi connectivity index (χ2n) is 27.8. The van der Waals surface area contributed by atoms with E-state index in [0.717, 1.165) is 150 Å². The molecular formula is C101H64N2O3. The quantitative estimate of drug-likeness (QED) is 0.115. The first-order valence-electron chi connectivity index (χ1n) is 36.2. The van der Waals surface area contributed by atoms with Crippen LogP contribution in [-0.4, -0.2) is 0 Å². The molecule has 0 amide bonds. The standard InChI is InChI=1S/C101H64N2O3/c1-4-19-74(20-5-1)101(75-21-6-2-7-22-75)93-31-13-10-25-84(93)85-58-54-80(63-94(85)101)103(79-50-42-67(43-51-79)72-46-56-88-86-26-11-14-32-95(86)104-97(88)61-72)81-55-59-90-89-57-47-73(62-98(89)105-99(90)64-81)71-39-38-68-18-16-28-82(92(68)60-71)69-36-34-65(35-37-69)66-40-48-77(49-41-66)102(76-23-8-3-9-24-76)78-52-44-70(45-53-78)83-29-17-30-91-87-27-12-15-33-96(87)106-100(83)91/h1-64H. The predicted octanol–water partition coefficient (Wildman–Crippen LogP) is 28.2. The molecule has 0 fully saturated rings. The molecule has 0 saturated heterocycles. The summed E-state index contributed by atoms with van der Waals surface area (Å²) in [5.41, 5.74) is 29.5. The van der Waals surface area contributed by atoms with Crippen LogP contribution in [0.2, 0.25) is 0 Å². The highest BCUT2D eigenvalue weighted by Gasteiger charge is 2.46. The highest BCUT2D eigenvalue weighted by molar-refractivity contribution is 6.11. The van der Waals surface area contributed by atoms with Gasteiger partial charge in [-0.05, 0) is 209 Å². The van der Waals surface area contributed by atoms with Crippen LogP contribution >= 0.6 is 0 Å². The van der Waals surface area contributed by atoms with Gasteiger partial charge in [0.25, 0.3) is 0 Å². The molecule has 5 nitrogen and oxygen atoms in total. The van der Waals surface area contributed by atoms with E-state index in [-0.39, 0.29) is 0 Å². The first-order valence-corrected chi connectivity index (χ1v) is 36.2. The number of fused-ring (bicyclic) bond motifs is 13. The predicted molar refractivity (Wildman–Crippen MR) is 440 cm³/mol. The van der Waals surface area contributed by atoms with Crippen LogP contribution in [0, 0.1) is 0 Å². The van der Waals surface area contributed by atoms with Crippen molar-refractivity contribution in [3.63, 3.8) is 0 Å². The lowest BCUT2D eigenvalue weighted by atomic mass is 9.67. The van der Waals surface area contributed by atoms with Gasteiger partial charge in [-0.15, -0.1) is 0 Å². The third kappa shape index (κ3) is 9.93. The molecule has 106 heavy (non-hydrogen) atoms. The van der Waals surface area contributed by atoms with Crippen LogP contribution < -0.4 is 9.80 Å². The number of hydrogen-bond donors (Lipinski definition) is 0. The first kappa shape index (κ1) is 60.7. The molecule has 20 aromatic rings. The minimum Gasteiger partial charge on any atom is -0.456 e. The van der Waals surface area contributed by atoms with Gasteiger partial charge in [0.2, 0.25) is 0 Å². The maximum absolute atomic E-state index is 7.06. The van der Waals surface area contributed by atoms with Gasteiger partial charge in [-0.1, -0.05) is 267 Å². The zero-order valence-electron chi connectivity index (χ0n) is 57.6. The Balaban J connectivity index is 0.600. The molecule has 1 aliphatic rings. The topological polar surface area (TPSA) is 45.9 Å². The highest BCUT2D eigenvalue weighted by Crippen LogP contribution is 2.58. The average Bonchev–Trinajstić information content (AvgIpc) is 1.53. The summed E-state index contributed by atoms with van der Waals surface area (Å²) in [4.78, 5) is 4.70. The smallest absolute Gasteiger partial charge is 0.143 e. The molecule has 0 aliphatic heterocycles. The van der Waals surface area contributed by atoms with Crippen LogP contribution in [0.1, 0.15) is 22.3 Å². The second-order valence-corrected chi connectivity index (χ2v) is 27.8. The summed E-state index contributed by atoms with van der Waals surface area (Å²) in [6.07, 6.45) is 0. The van der Waals surface area contributed by atoms with Crippen LogP contribution in [0.25, 0.3) is 143 Å². The Kier molecular flexibility index (Phi) is 14.1. The Morgan fingerprint density at radius 3 is 1.25 bits per heavy atom. The van der Waals surface area contributed by atoms with E-state index in [1.807, 2.05) is 24.3 Å². The van der Waals surface area contributed by atoms with E-state index in [0.29, 0.717) is 0 Å². The molecule has 0 spiro atoms. The van der Waals surface area contributed by atoms with Gasteiger partial charge >= 0.3 is 0 Å². The van der Waals surface area contributed by atoms with Gasteiger partial charge in [-0.2, -0.15) is 0 Å². The summed E-state index contributed by atoms with van der Waals surface area (Å²) in [5.74, 6) is 0. The van der Waals surface area contributed by atoms with E-state index >= 15 is 0 Å². The molecule has 5 heteroatoms. The van der Waals surface area contributed by atoms with Crippen LogP contribution in [0.5, 0.6) is 0 Å². The lowest BCUT2D eigenvalue weighted by Crippen LogP contribution is -2.28. The van der Waals surface area contributed by atoms with Crippen LogP contribution in [0.4, 0.5) is 34.1 Å². The third-order valence-electron chi connectivity index (χ3n) is 22.0. The summed E-state index contributed by atoms with van der Waals surface area (Å²) in [5, 5.41) is 8.99. The summed E-state index contributed by atoms with van der Waals surface area (Å²) in [7, 11) is 0. The van der Waals surface area contributed by atoms with E-state index < -0.39 is 5.41 Å². The molecule has 21 rings (SSSR count). The fraction of sp³-hybridized carbons (Fsp3) is 0.00990. The number of furan rings is 3. The molecule has 0 N–H and O–H groups in total. The Labute approximate surface area is 612 Å². The van der Waals surface area contributed by atoms with E-state index in [1.54, 1.807) is 0 Å². The minimum absolute atomic E-state index is 0.579. The van der Waals surface area contributed by atoms with Crippen molar-refractivity contribution in [2.24, 2.45) is 0 Å². The van der Waals surface area contributed by atoms with Gasteiger partial charge in [0.05, 0.1) is 5.41 Å². The Bertz CT molecular complexity index is 6750. The minimum atomic E-state index is -0.579. The van der Waals surface area contributed by atoms with Gasteiger partial charge in [0, 0.05) is 78.1 Å². The lowest BCUT2D eigenvalue weighted by Gasteiger charge is -2.35. The molecule has 3 aromatic heterocycles. The molecule has 496 valence electrons. The molecule has 0 saturated carbocycles. The fourth-order valence-electron chi connectivity index (χ4n) is 16.9. The molecule has 1 aliphatic carbocycles. The maximum atomic E-state index is 7.06. The summed E-state index contributed by atoms with van der Waals surface area (Å²) in [6.45, 7) is 0. The van der Waals surface area contributed by atoms with E-state index in [2.05, 4.69) is 374 Å². The van der Waals surface area contributed by atoms with E-state index in [1.165, 1.54) is 49.7 Å². The maximum Gasteiger partial charge on any atom is 0.143 e. The number of nitrogens with zero attached hydrogens (tertiary/aromatic N) is 2. The number of anilines is 6. The Morgan fingerprint density at radius 2 is 0.575 bits per heavy atom. The number of benzene rings is 17. The molecule has 0 bridgehead atoms. The van der Waals surface area contributed by atoms with Gasteiger partial charge in [0.1, 0.15) is 33.5 Å². The largest absolute Gasteiger partial charge is 0.456 e. The number of rotatable bonds is 13. The Hall–Kier alpha value is -14.0. The normalized spacial score (nSPS) is 12.4. The molecule has 0 radical (unpaired) electrons. The summed E-state index contributed by atoms with van der Waals surface area (Å²) >= 11 is 0. The average molecular weight is 1350 g/mol. The fourth-order valence-corrected chi connectivity index (χ4v) is 16.9. The van der Waals surface area contributed by atoms with Crippen molar-refractivity contribution in [2.75, 3.05) is 9.80 Å². The molecular weight excluding hydrogens is 1290 g/mol. The number of hydrogen-bond acceptors (Lipinski definition) is 5. The molecule has 0 atom stereocenters. The van der Waals surface area contributed by atoms with Crippen LogP contribution in [0.15, 0.2) is 401 Å². The second kappa shape index (κ2) is 24.6. The monoisotopic (exact) mass is 1350 g/mol. The highest BCUT2D eigenvalue weighted by atomic mass is 16.3. The summed E-state index contributed by atoms with van der Waals surface area (Å²) < 4.78 is 19.9. The lowest BCUT2D eigenvalue weighted by molar-refractivity contribution is 0.668. The van der Waals surface area contributed by atoms with Crippen LogP contribution in [0.3, 0.4) is 0 Å². The SMILES string of the molecule is c1ccc(N(c2ccc(-c3ccc(-c4cccc5ccc(-c6ccc7c(c6)oc6cc(N(c8ccc(-c9ccc%10c(c9)oc9ccccc9%10)cc8)c8ccc9c(c8)C(c8ccccc8)(c8ccccc8)c8ccccc8-9)ccc67)cc45)cc3)cc2)c2ccc(-c3cccc4c3oc3ccccc34)cc2)cc1. The van der Waals surface area contributed by atoms with E-state index in [9.17, 15) is 0 Å². The van der Waals surface area contributed by atoms with Crippen molar-refractivity contribution in [1.29, 1.82) is 0 Å². The zero-order valence-corrected chi connectivity index (χ0v) is 57.6. The van der Waals surface area contributed by atoms with Crippen molar-refractivity contribution in [3.8, 4) is 66.8 Å². The third-order valence-corrected chi connectivity index (χ3v) is 22.0. The van der Waals surface area contributed by atoms with Gasteiger partial charge in [-0.25, -0.2) is 0 Å². The molecule has 0 unspecified atom stereocenters. The van der Waals surface area contributed by atoms with Gasteiger partial charge in [0.15, 0.2) is 0 Å². The van der Waals surface area contributed by atoms with Crippen molar-refractivity contribution < 1.29 is 13.3 Å². The molecule has 17 aromatic carbocycles. The van der Waals surface area contributed by atoms with Gasteiger partial charge < -0.3 is 23.1 Å².